The highest BCUT2D eigenvalue weighted by Crippen LogP contribution is 2.45. The molecule has 2 aliphatic rings. The van der Waals surface area contributed by atoms with Gasteiger partial charge in [0.15, 0.2) is 0 Å². The fourth-order valence-corrected chi connectivity index (χ4v) is 3.87. The Balaban J connectivity index is 1.88. The molecule has 0 radical (unpaired) electrons. The first-order valence-electron chi connectivity index (χ1n) is 6.38. The fraction of sp³-hybridized carbons (Fsp3) is 0.769. The summed E-state index contributed by atoms with van der Waals surface area (Å²) >= 11 is 1.84. The Morgan fingerprint density at radius 2 is 2.25 bits per heavy atom. The summed E-state index contributed by atoms with van der Waals surface area (Å²) in [6, 6.07) is 0.773. The Morgan fingerprint density at radius 3 is 2.75 bits per heavy atom. The van der Waals surface area contributed by atoms with Gasteiger partial charge in [0.1, 0.15) is 5.01 Å². The van der Waals surface area contributed by atoms with Crippen LogP contribution in [0.5, 0.6) is 0 Å². The monoisotopic (exact) mass is 236 g/mol. The Hall–Kier alpha value is -0.410. The molecule has 2 nitrogen and oxygen atoms in total. The molecule has 2 saturated carbocycles. The molecule has 1 aromatic rings. The Bertz CT molecular complexity index is 383. The van der Waals surface area contributed by atoms with Crippen molar-refractivity contribution in [1.82, 2.24) is 10.3 Å². The van der Waals surface area contributed by atoms with Crippen LogP contribution in [0.3, 0.4) is 0 Å². The van der Waals surface area contributed by atoms with Crippen molar-refractivity contribution in [3.8, 4) is 0 Å². The first-order chi connectivity index (χ1) is 7.68. The number of rotatable bonds is 3. The Morgan fingerprint density at radius 1 is 1.44 bits per heavy atom. The summed E-state index contributed by atoms with van der Waals surface area (Å²) < 4.78 is 0. The maximum Gasteiger partial charge on any atom is 0.113 e. The van der Waals surface area contributed by atoms with E-state index in [1.54, 1.807) is 0 Å². The van der Waals surface area contributed by atoms with Crippen LogP contribution in [0.25, 0.3) is 0 Å². The second kappa shape index (κ2) is 3.81. The van der Waals surface area contributed by atoms with Crippen LogP contribution in [-0.4, -0.2) is 11.0 Å². The molecule has 2 atom stereocenters. The summed E-state index contributed by atoms with van der Waals surface area (Å²) in [5.74, 6) is 0.843. The van der Waals surface area contributed by atoms with E-state index in [9.17, 15) is 0 Å². The molecule has 0 bridgehead atoms. The van der Waals surface area contributed by atoms with Gasteiger partial charge < -0.3 is 5.32 Å². The molecule has 2 aliphatic carbocycles. The molecule has 3 rings (SSSR count). The van der Waals surface area contributed by atoms with Crippen molar-refractivity contribution in [3.63, 3.8) is 0 Å². The van der Waals surface area contributed by atoms with E-state index in [0.717, 1.165) is 12.0 Å². The van der Waals surface area contributed by atoms with Crippen LogP contribution in [-0.2, 0) is 5.54 Å². The molecule has 1 heterocycles. The lowest BCUT2D eigenvalue weighted by atomic mass is 9.96. The molecule has 16 heavy (non-hydrogen) atoms. The van der Waals surface area contributed by atoms with Crippen LogP contribution in [0.1, 0.15) is 49.7 Å². The van der Waals surface area contributed by atoms with Crippen LogP contribution in [0, 0.1) is 12.8 Å². The van der Waals surface area contributed by atoms with E-state index in [2.05, 4.69) is 24.5 Å². The van der Waals surface area contributed by atoms with Gasteiger partial charge in [-0.2, -0.15) is 0 Å². The van der Waals surface area contributed by atoms with Crippen molar-refractivity contribution in [1.29, 1.82) is 0 Å². The van der Waals surface area contributed by atoms with Crippen LogP contribution < -0.4 is 5.32 Å². The molecule has 0 aromatic carbocycles. The largest absolute Gasteiger partial charge is 0.303 e. The van der Waals surface area contributed by atoms with Gasteiger partial charge in [-0.25, -0.2) is 4.98 Å². The van der Waals surface area contributed by atoms with Crippen molar-refractivity contribution in [2.45, 2.75) is 57.5 Å². The lowest BCUT2D eigenvalue weighted by molar-refractivity contribution is 0.325. The zero-order valence-electron chi connectivity index (χ0n) is 10.1. The minimum Gasteiger partial charge on any atom is -0.303 e. The topological polar surface area (TPSA) is 24.9 Å². The molecular weight excluding hydrogens is 216 g/mol. The molecule has 1 N–H and O–H groups in total. The fourth-order valence-electron chi connectivity index (χ4n) is 2.87. The van der Waals surface area contributed by atoms with Crippen LogP contribution in [0.4, 0.5) is 0 Å². The SMILES string of the molecule is Cc1csc(C2(NC3CC3)CCC(C)C2)n1. The van der Waals surface area contributed by atoms with Crippen molar-refractivity contribution in [2.24, 2.45) is 5.92 Å². The van der Waals surface area contributed by atoms with Crippen molar-refractivity contribution in [3.05, 3.63) is 16.1 Å². The zero-order chi connectivity index (χ0) is 11.2. The van der Waals surface area contributed by atoms with E-state index in [-0.39, 0.29) is 5.54 Å². The number of hydrogen-bond donors (Lipinski definition) is 1. The maximum absolute atomic E-state index is 4.74. The van der Waals surface area contributed by atoms with E-state index in [4.69, 9.17) is 4.98 Å². The third-order valence-electron chi connectivity index (χ3n) is 3.85. The summed E-state index contributed by atoms with van der Waals surface area (Å²) in [6.45, 7) is 4.47. The summed E-state index contributed by atoms with van der Waals surface area (Å²) in [4.78, 5) is 4.74. The average Bonchev–Trinajstić information content (AvgIpc) is 2.80. The van der Waals surface area contributed by atoms with Gasteiger partial charge >= 0.3 is 0 Å². The number of aromatic nitrogens is 1. The van der Waals surface area contributed by atoms with Crippen LogP contribution in [0.2, 0.25) is 0 Å². The minimum atomic E-state index is 0.222. The predicted molar refractivity (Wildman–Crippen MR) is 67.7 cm³/mol. The quantitative estimate of drug-likeness (QED) is 0.871. The molecule has 0 aliphatic heterocycles. The van der Waals surface area contributed by atoms with Gasteiger partial charge in [-0.1, -0.05) is 6.92 Å². The third-order valence-corrected chi connectivity index (χ3v) is 5.01. The van der Waals surface area contributed by atoms with E-state index < -0.39 is 0 Å². The molecular formula is C13H20N2S. The number of thiazole rings is 1. The summed E-state index contributed by atoms with van der Waals surface area (Å²) in [5, 5.41) is 7.40. The second-order valence-corrected chi connectivity index (χ2v) is 6.50. The van der Waals surface area contributed by atoms with Gasteiger partial charge in [0.05, 0.1) is 5.54 Å². The van der Waals surface area contributed by atoms with Gasteiger partial charge in [-0.05, 0) is 44.9 Å². The van der Waals surface area contributed by atoms with Crippen LogP contribution >= 0.6 is 11.3 Å². The van der Waals surface area contributed by atoms with Gasteiger partial charge in [-0.15, -0.1) is 11.3 Å². The van der Waals surface area contributed by atoms with E-state index in [1.165, 1.54) is 42.8 Å². The molecule has 2 unspecified atom stereocenters. The Kier molecular flexibility index (Phi) is 2.55. The van der Waals surface area contributed by atoms with Gasteiger partial charge in [-0.3, -0.25) is 0 Å². The molecule has 0 amide bonds. The summed E-state index contributed by atoms with van der Waals surface area (Å²) in [5.41, 5.74) is 1.40. The molecule has 0 saturated heterocycles. The van der Waals surface area contributed by atoms with Crippen molar-refractivity contribution >= 4 is 11.3 Å². The van der Waals surface area contributed by atoms with Crippen LogP contribution in [0.15, 0.2) is 5.38 Å². The van der Waals surface area contributed by atoms with E-state index in [0.29, 0.717) is 0 Å². The Labute approximate surface area is 101 Å². The summed E-state index contributed by atoms with van der Waals surface area (Å²) in [6.07, 6.45) is 6.62. The van der Waals surface area contributed by atoms with E-state index >= 15 is 0 Å². The second-order valence-electron chi connectivity index (χ2n) is 5.64. The molecule has 1 aromatic heterocycles. The number of hydrogen-bond acceptors (Lipinski definition) is 3. The highest BCUT2D eigenvalue weighted by molar-refractivity contribution is 7.09. The van der Waals surface area contributed by atoms with Crippen molar-refractivity contribution in [2.75, 3.05) is 0 Å². The standard InChI is InChI=1S/C13H20N2S/c1-9-5-6-13(7-9,15-11-3-4-11)12-14-10(2)8-16-12/h8-9,11,15H,3-7H2,1-2H3. The minimum absolute atomic E-state index is 0.222. The predicted octanol–water partition coefficient (Wildman–Crippen LogP) is 3.22. The third kappa shape index (κ3) is 1.91. The maximum atomic E-state index is 4.74. The highest BCUT2D eigenvalue weighted by atomic mass is 32.1. The van der Waals surface area contributed by atoms with Gasteiger partial charge in [0.25, 0.3) is 0 Å². The lowest BCUT2D eigenvalue weighted by Crippen LogP contribution is -2.41. The molecule has 0 spiro atoms. The molecule has 3 heteroatoms. The first kappa shape index (κ1) is 10.7. The first-order valence-corrected chi connectivity index (χ1v) is 7.26. The summed E-state index contributed by atoms with van der Waals surface area (Å²) in [7, 11) is 0. The smallest absolute Gasteiger partial charge is 0.113 e. The normalized spacial score (nSPS) is 34.5. The average molecular weight is 236 g/mol. The molecule has 2 fully saturated rings. The number of nitrogens with one attached hydrogen (secondary N) is 1. The van der Waals surface area contributed by atoms with E-state index in [1.807, 2.05) is 11.3 Å². The number of nitrogens with zero attached hydrogens (tertiary/aromatic N) is 1. The zero-order valence-corrected chi connectivity index (χ0v) is 10.9. The van der Waals surface area contributed by atoms with Crippen molar-refractivity contribution < 1.29 is 0 Å². The lowest BCUT2D eigenvalue weighted by Gasteiger charge is -2.28. The number of aryl methyl sites for hydroxylation is 1. The highest BCUT2D eigenvalue weighted by Gasteiger charge is 2.44. The van der Waals surface area contributed by atoms with Gasteiger partial charge in [0.2, 0.25) is 0 Å². The molecule has 88 valence electrons. The van der Waals surface area contributed by atoms with Gasteiger partial charge in [0, 0.05) is 17.1 Å².